The lowest BCUT2D eigenvalue weighted by Gasteiger charge is -2.09. The maximum atomic E-state index is 13.2. The van der Waals surface area contributed by atoms with Gasteiger partial charge in [-0.15, -0.1) is 0 Å². The summed E-state index contributed by atoms with van der Waals surface area (Å²) in [6, 6.07) is 4.74. The van der Waals surface area contributed by atoms with Crippen LogP contribution >= 0.6 is 27.5 Å². The molecule has 0 saturated carbocycles. The van der Waals surface area contributed by atoms with Crippen molar-refractivity contribution in [2.75, 3.05) is 5.32 Å². The number of nitrogens with one attached hydrogen (secondary N) is 1. The van der Waals surface area contributed by atoms with Gasteiger partial charge in [0, 0.05) is 18.1 Å². The van der Waals surface area contributed by atoms with E-state index < -0.39 is 17.7 Å². The van der Waals surface area contributed by atoms with Gasteiger partial charge in [0.1, 0.15) is 5.82 Å². The summed E-state index contributed by atoms with van der Waals surface area (Å²) in [6.45, 7) is 0. The lowest BCUT2D eigenvalue weighted by atomic mass is 10.3. The molecule has 5 nitrogen and oxygen atoms in total. The van der Waals surface area contributed by atoms with Crippen LogP contribution in [0.25, 0.3) is 5.82 Å². The van der Waals surface area contributed by atoms with Crippen molar-refractivity contribution in [3.05, 3.63) is 57.7 Å². The van der Waals surface area contributed by atoms with Crippen LogP contribution in [0.3, 0.4) is 0 Å². The third kappa shape index (κ3) is 3.90. The van der Waals surface area contributed by atoms with Gasteiger partial charge in [-0.1, -0.05) is 11.6 Å². The molecule has 0 aliphatic heterocycles. The number of nitrogens with zero attached hydrogens (tertiary/aromatic N) is 4. The van der Waals surface area contributed by atoms with E-state index in [2.05, 4.69) is 36.3 Å². The molecule has 1 N–H and O–H groups in total. The van der Waals surface area contributed by atoms with E-state index in [1.807, 2.05) is 0 Å². The van der Waals surface area contributed by atoms with Crippen molar-refractivity contribution in [1.82, 2.24) is 19.7 Å². The molecule has 25 heavy (non-hydrogen) atoms. The van der Waals surface area contributed by atoms with Gasteiger partial charge >= 0.3 is 6.18 Å². The molecule has 0 unspecified atom stereocenters. The van der Waals surface area contributed by atoms with E-state index in [9.17, 15) is 17.6 Å². The molecule has 0 saturated heterocycles. The van der Waals surface area contributed by atoms with Crippen LogP contribution in [0.2, 0.25) is 5.02 Å². The highest BCUT2D eigenvalue weighted by molar-refractivity contribution is 9.10. The number of anilines is 2. The molecule has 2 heterocycles. The number of alkyl halides is 3. The van der Waals surface area contributed by atoms with E-state index in [4.69, 9.17) is 11.6 Å². The van der Waals surface area contributed by atoms with Crippen molar-refractivity contribution < 1.29 is 17.6 Å². The fourth-order valence-electron chi connectivity index (χ4n) is 1.88. The molecule has 2 aromatic heterocycles. The predicted molar refractivity (Wildman–Crippen MR) is 86.5 cm³/mol. The Labute approximate surface area is 151 Å². The Morgan fingerprint density at radius 3 is 2.60 bits per heavy atom. The highest BCUT2D eigenvalue weighted by Crippen LogP contribution is 2.29. The van der Waals surface area contributed by atoms with Gasteiger partial charge in [-0.05, 0) is 40.2 Å². The van der Waals surface area contributed by atoms with E-state index in [-0.39, 0.29) is 16.8 Å². The standard InChI is InChI=1S/C14H7BrClF4N5/c15-8-6-21-13(22-7-1-2-10(17)9(16)5-7)23-12(8)25-4-3-11(24-25)14(18,19)20/h1-6H,(H,21,22,23). The summed E-state index contributed by atoms with van der Waals surface area (Å²) < 4.78 is 52.5. The zero-order valence-corrected chi connectivity index (χ0v) is 14.4. The van der Waals surface area contributed by atoms with Crippen LogP contribution in [0, 0.1) is 5.82 Å². The molecule has 0 amide bonds. The number of hydrogen-bond donors (Lipinski definition) is 1. The van der Waals surface area contributed by atoms with Crippen LogP contribution in [0.5, 0.6) is 0 Å². The molecule has 0 atom stereocenters. The first-order valence-corrected chi connectivity index (χ1v) is 7.79. The van der Waals surface area contributed by atoms with Gasteiger partial charge < -0.3 is 5.32 Å². The predicted octanol–water partition coefficient (Wildman–Crippen LogP) is 4.98. The average molecular weight is 437 g/mol. The van der Waals surface area contributed by atoms with Crippen LogP contribution in [-0.4, -0.2) is 19.7 Å². The van der Waals surface area contributed by atoms with E-state index in [1.165, 1.54) is 18.3 Å². The summed E-state index contributed by atoms with van der Waals surface area (Å²) in [6.07, 6.45) is -2.07. The molecular weight excluding hydrogens is 430 g/mol. The molecule has 130 valence electrons. The van der Waals surface area contributed by atoms with Crippen molar-refractivity contribution in [3.63, 3.8) is 0 Å². The monoisotopic (exact) mass is 435 g/mol. The lowest BCUT2D eigenvalue weighted by Crippen LogP contribution is -2.09. The summed E-state index contributed by atoms with van der Waals surface area (Å²) in [7, 11) is 0. The number of halogens is 6. The van der Waals surface area contributed by atoms with Crippen LogP contribution in [0.15, 0.2) is 41.1 Å². The second-order valence-corrected chi connectivity index (χ2v) is 6.02. The van der Waals surface area contributed by atoms with Crippen molar-refractivity contribution in [1.29, 1.82) is 0 Å². The van der Waals surface area contributed by atoms with E-state index >= 15 is 0 Å². The molecule has 0 fully saturated rings. The Morgan fingerprint density at radius 2 is 1.96 bits per heavy atom. The number of hydrogen-bond acceptors (Lipinski definition) is 4. The average Bonchev–Trinajstić information content (AvgIpc) is 3.03. The summed E-state index contributed by atoms with van der Waals surface area (Å²) in [5.41, 5.74) is -0.631. The molecule has 0 aliphatic rings. The van der Waals surface area contributed by atoms with Crippen molar-refractivity contribution >= 4 is 39.2 Å². The Bertz CT molecular complexity index is 928. The minimum atomic E-state index is -4.56. The minimum Gasteiger partial charge on any atom is -0.324 e. The normalized spacial score (nSPS) is 11.6. The molecule has 0 radical (unpaired) electrons. The first kappa shape index (κ1) is 17.6. The van der Waals surface area contributed by atoms with Crippen molar-refractivity contribution in [2.24, 2.45) is 0 Å². The quantitative estimate of drug-likeness (QED) is 0.589. The second kappa shape index (κ2) is 6.60. The highest BCUT2D eigenvalue weighted by Gasteiger charge is 2.33. The van der Waals surface area contributed by atoms with Gasteiger partial charge in [-0.3, -0.25) is 0 Å². The smallest absolute Gasteiger partial charge is 0.324 e. The van der Waals surface area contributed by atoms with E-state index in [1.54, 1.807) is 0 Å². The Morgan fingerprint density at radius 1 is 1.20 bits per heavy atom. The van der Waals surface area contributed by atoms with Crippen LogP contribution < -0.4 is 5.32 Å². The lowest BCUT2D eigenvalue weighted by molar-refractivity contribution is -0.141. The molecule has 0 spiro atoms. The first-order valence-electron chi connectivity index (χ1n) is 6.62. The zero-order chi connectivity index (χ0) is 18.2. The largest absolute Gasteiger partial charge is 0.435 e. The van der Waals surface area contributed by atoms with Gasteiger partial charge in [0.05, 0.1) is 9.50 Å². The zero-order valence-electron chi connectivity index (χ0n) is 12.0. The number of rotatable bonds is 3. The SMILES string of the molecule is Fc1ccc(Nc2ncc(Br)c(-n3ccc(C(F)(F)F)n3)n2)cc1Cl. The van der Waals surface area contributed by atoms with Gasteiger partial charge in [0.2, 0.25) is 5.95 Å². The van der Waals surface area contributed by atoms with Gasteiger partial charge in [0.15, 0.2) is 11.5 Å². The van der Waals surface area contributed by atoms with Gasteiger partial charge in [-0.25, -0.2) is 14.1 Å². The molecular formula is C14H7BrClF4N5. The molecule has 3 aromatic rings. The molecule has 1 aromatic carbocycles. The molecule has 3 rings (SSSR count). The molecule has 0 bridgehead atoms. The van der Waals surface area contributed by atoms with Crippen molar-refractivity contribution in [3.8, 4) is 5.82 Å². The summed E-state index contributed by atoms with van der Waals surface area (Å²) in [5, 5.41) is 6.15. The second-order valence-electron chi connectivity index (χ2n) is 4.76. The minimum absolute atomic E-state index is 0.0740. The Balaban J connectivity index is 1.92. The topological polar surface area (TPSA) is 55.6 Å². The Kier molecular flexibility index (Phi) is 4.65. The maximum absolute atomic E-state index is 13.2. The van der Waals surface area contributed by atoms with Crippen molar-refractivity contribution in [2.45, 2.75) is 6.18 Å². The van der Waals surface area contributed by atoms with Crippen LogP contribution in [0.4, 0.5) is 29.2 Å². The molecule has 11 heteroatoms. The highest BCUT2D eigenvalue weighted by atomic mass is 79.9. The van der Waals surface area contributed by atoms with E-state index in [0.717, 1.165) is 23.0 Å². The van der Waals surface area contributed by atoms with Gasteiger partial charge in [-0.2, -0.15) is 23.3 Å². The molecule has 0 aliphatic carbocycles. The Hall–Kier alpha value is -2.20. The van der Waals surface area contributed by atoms with E-state index in [0.29, 0.717) is 10.2 Å². The summed E-state index contributed by atoms with van der Waals surface area (Å²) in [5.74, 6) is -0.410. The summed E-state index contributed by atoms with van der Waals surface area (Å²) >= 11 is 8.86. The fourth-order valence-corrected chi connectivity index (χ4v) is 2.43. The van der Waals surface area contributed by atoms with Crippen LogP contribution in [-0.2, 0) is 6.18 Å². The third-order valence-electron chi connectivity index (χ3n) is 3.00. The van der Waals surface area contributed by atoms with Crippen LogP contribution in [0.1, 0.15) is 5.69 Å². The number of benzene rings is 1. The first-order chi connectivity index (χ1) is 11.7. The maximum Gasteiger partial charge on any atom is 0.435 e. The third-order valence-corrected chi connectivity index (χ3v) is 3.85. The van der Waals surface area contributed by atoms with Gasteiger partial charge in [0.25, 0.3) is 0 Å². The fraction of sp³-hybridized carbons (Fsp3) is 0.0714. The summed E-state index contributed by atoms with van der Waals surface area (Å²) in [4.78, 5) is 8.11. The number of aromatic nitrogens is 4.